The Morgan fingerprint density at radius 2 is 2.15 bits per heavy atom. The molecule has 1 heterocycles. The molecule has 1 aliphatic rings. The summed E-state index contributed by atoms with van der Waals surface area (Å²) in [5, 5.41) is 0. The normalized spacial score (nSPS) is 18.5. The van der Waals surface area contributed by atoms with Crippen molar-refractivity contribution in [1.29, 1.82) is 0 Å². The van der Waals surface area contributed by atoms with Gasteiger partial charge in [0.1, 0.15) is 0 Å². The van der Waals surface area contributed by atoms with Gasteiger partial charge < -0.3 is 5.73 Å². The second-order valence-electron chi connectivity index (χ2n) is 2.84. The van der Waals surface area contributed by atoms with Gasteiger partial charge in [0.15, 0.2) is 0 Å². The van der Waals surface area contributed by atoms with Crippen LogP contribution in [0.2, 0.25) is 0 Å². The quantitative estimate of drug-likeness (QED) is 0.796. The third-order valence-corrected chi connectivity index (χ3v) is 2.48. The molecule has 0 fully saturated rings. The number of halogens is 3. The maximum Gasteiger partial charge on any atom is 0.0603 e. The van der Waals surface area contributed by atoms with Crippen molar-refractivity contribution in [1.82, 2.24) is 4.98 Å². The lowest BCUT2D eigenvalue weighted by Gasteiger charge is -2.01. The van der Waals surface area contributed by atoms with Crippen LogP contribution in [0, 0.1) is 0 Å². The Kier molecular flexibility index (Phi) is 5.22. The highest BCUT2D eigenvalue weighted by Gasteiger charge is 2.19. The van der Waals surface area contributed by atoms with E-state index in [-0.39, 0.29) is 30.9 Å². The maximum atomic E-state index is 5.82. The van der Waals surface area contributed by atoms with Gasteiger partial charge in [-0.3, -0.25) is 4.98 Å². The van der Waals surface area contributed by atoms with Gasteiger partial charge in [-0.25, -0.2) is 0 Å². The van der Waals surface area contributed by atoms with E-state index in [0.29, 0.717) is 0 Å². The first-order valence-corrected chi connectivity index (χ1v) is 4.46. The Hall–Kier alpha value is 0.170. The Balaban J connectivity index is 0.000000720. The van der Waals surface area contributed by atoms with E-state index in [2.05, 4.69) is 27.0 Å². The molecule has 2 nitrogen and oxygen atoms in total. The molecule has 2 rings (SSSR count). The Labute approximate surface area is 98.3 Å². The number of aryl methyl sites for hydroxylation is 1. The zero-order valence-electron chi connectivity index (χ0n) is 6.87. The van der Waals surface area contributed by atoms with E-state index >= 15 is 0 Å². The fourth-order valence-corrected chi connectivity index (χ4v) is 1.85. The summed E-state index contributed by atoms with van der Waals surface area (Å²) in [5.74, 6) is 0. The smallest absolute Gasteiger partial charge is 0.0603 e. The molecule has 0 saturated heterocycles. The van der Waals surface area contributed by atoms with E-state index in [1.54, 1.807) is 0 Å². The lowest BCUT2D eigenvalue weighted by molar-refractivity contribution is 0.697. The van der Waals surface area contributed by atoms with E-state index in [9.17, 15) is 0 Å². The first kappa shape index (κ1) is 13.2. The molecule has 74 valence electrons. The summed E-state index contributed by atoms with van der Waals surface area (Å²) in [6.07, 6.45) is 3.92. The molecule has 0 aliphatic heterocycles. The molecule has 0 aromatic carbocycles. The predicted molar refractivity (Wildman–Crippen MR) is 61.7 cm³/mol. The van der Waals surface area contributed by atoms with Crippen molar-refractivity contribution in [2.75, 3.05) is 0 Å². The molecule has 2 N–H and O–H groups in total. The molecule has 5 heteroatoms. The average molecular weight is 286 g/mol. The zero-order valence-corrected chi connectivity index (χ0v) is 10.1. The summed E-state index contributed by atoms with van der Waals surface area (Å²) >= 11 is 3.38. The fraction of sp³-hybridized carbons (Fsp3) is 0.375. The number of hydrogen-bond acceptors (Lipinski definition) is 2. The minimum Gasteiger partial charge on any atom is -0.323 e. The third-order valence-electron chi connectivity index (χ3n) is 2.04. The molecule has 13 heavy (non-hydrogen) atoms. The number of hydrogen-bond donors (Lipinski definition) is 1. The molecule has 1 aliphatic carbocycles. The predicted octanol–water partition coefficient (Wildman–Crippen LogP) is 2.63. The highest BCUT2D eigenvalue weighted by Crippen LogP contribution is 2.28. The van der Waals surface area contributed by atoms with Crippen LogP contribution in [0.4, 0.5) is 0 Å². The van der Waals surface area contributed by atoms with Crippen LogP contribution in [-0.2, 0) is 6.42 Å². The van der Waals surface area contributed by atoms with Gasteiger partial charge in [-0.2, -0.15) is 0 Å². The molecule has 1 aromatic heterocycles. The summed E-state index contributed by atoms with van der Waals surface area (Å²) in [4.78, 5) is 4.27. The SMILES string of the molecule is Cl.Cl.NC1CCc2cc(Br)cnc21. The molecule has 0 radical (unpaired) electrons. The van der Waals surface area contributed by atoms with E-state index in [4.69, 9.17) is 5.73 Å². The van der Waals surface area contributed by atoms with Crippen molar-refractivity contribution in [2.24, 2.45) is 5.73 Å². The summed E-state index contributed by atoms with van der Waals surface area (Å²) in [5.41, 5.74) is 8.19. The van der Waals surface area contributed by atoms with Crippen LogP contribution in [0.15, 0.2) is 16.7 Å². The van der Waals surface area contributed by atoms with Crippen molar-refractivity contribution in [3.05, 3.63) is 28.0 Å². The monoisotopic (exact) mass is 284 g/mol. The summed E-state index contributed by atoms with van der Waals surface area (Å²) in [7, 11) is 0. The van der Waals surface area contributed by atoms with Gasteiger partial charge in [0.25, 0.3) is 0 Å². The molecule has 0 spiro atoms. The first-order valence-electron chi connectivity index (χ1n) is 3.67. The summed E-state index contributed by atoms with van der Waals surface area (Å²) in [6.45, 7) is 0. The lowest BCUT2D eigenvalue weighted by atomic mass is 10.2. The Morgan fingerprint density at radius 1 is 1.46 bits per heavy atom. The molecule has 1 unspecified atom stereocenters. The molecule has 0 saturated carbocycles. The van der Waals surface area contributed by atoms with Crippen LogP contribution in [-0.4, -0.2) is 4.98 Å². The summed E-state index contributed by atoms with van der Waals surface area (Å²) in [6, 6.07) is 2.27. The van der Waals surface area contributed by atoms with Gasteiger partial charge in [-0.1, -0.05) is 0 Å². The summed E-state index contributed by atoms with van der Waals surface area (Å²) < 4.78 is 1.05. The van der Waals surface area contributed by atoms with Crippen LogP contribution in [0.3, 0.4) is 0 Å². The van der Waals surface area contributed by atoms with Crippen LogP contribution in [0.5, 0.6) is 0 Å². The van der Waals surface area contributed by atoms with Crippen LogP contribution in [0.25, 0.3) is 0 Å². The van der Waals surface area contributed by atoms with Gasteiger partial charge in [0.2, 0.25) is 0 Å². The minimum atomic E-state index is 0. The van der Waals surface area contributed by atoms with E-state index in [0.717, 1.165) is 23.0 Å². The van der Waals surface area contributed by atoms with Gasteiger partial charge in [-0.05, 0) is 40.4 Å². The number of nitrogens with zero attached hydrogens (tertiary/aromatic N) is 1. The number of nitrogens with two attached hydrogens (primary N) is 1. The van der Waals surface area contributed by atoms with E-state index in [1.165, 1.54) is 5.56 Å². The topological polar surface area (TPSA) is 38.9 Å². The molecule has 1 atom stereocenters. The maximum absolute atomic E-state index is 5.82. The Morgan fingerprint density at radius 3 is 2.85 bits per heavy atom. The Bertz CT molecular complexity index is 293. The third kappa shape index (κ3) is 2.56. The minimum absolute atomic E-state index is 0. The van der Waals surface area contributed by atoms with Gasteiger partial charge in [-0.15, -0.1) is 24.8 Å². The van der Waals surface area contributed by atoms with Crippen molar-refractivity contribution >= 4 is 40.7 Å². The highest BCUT2D eigenvalue weighted by molar-refractivity contribution is 9.10. The van der Waals surface area contributed by atoms with Crippen LogP contribution in [0.1, 0.15) is 23.7 Å². The van der Waals surface area contributed by atoms with Crippen LogP contribution >= 0.6 is 40.7 Å². The second-order valence-corrected chi connectivity index (χ2v) is 3.76. The molecule has 1 aromatic rings. The number of aromatic nitrogens is 1. The number of pyridine rings is 1. The number of rotatable bonds is 0. The largest absolute Gasteiger partial charge is 0.323 e. The van der Waals surface area contributed by atoms with Crippen molar-refractivity contribution in [3.63, 3.8) is 0 Å². The van der Waals surface area contributed by atoms with Gasteiger partial charge >= 0.3 is 0 Å². The average Bonchev–Trinajstić information content (AvgIpc) is 2.32. The van der Waals surface area contributed by atoms with Crippen LogP contribution < -0.4 is 5.73 Å². The highest BCUT2D eigenvalue weighted by atomic mass is 79.9. The van der Waals surface area contributed by atoms with Crippen molar-refractivity contribution in [3.8, 4) is 0 Å². The standard InChI is InChI=1S/C8H9BrN2.2ClH/c9-6-3-5-1-2-7(10)8(5)11-4-6;;/h3-4,7H,1-2,10H2;2*1H. The zero-order chi connectivity index (χ0) is 7.84. The first-order chi connectivity index (χ1) is 5.27. The molecule has 0 amide bonds. The van der Waals surface area contributed by atoms with Gasteiger partial charge in [0.05, 0.1) is 5.69 Å². The molecular formula is C8H11BrCl2N2. The van der Waals surface area contributed by atoms with E-state index < -0.39 is 0 Å². The van der Waals surface area contributed by atoms with Gasteiger partial charge in [0, 0.05) is 16.7 Å². The van der Waals surface area contributed by atoms with Crippen molar-refractivity contribution in [2.45, 2.75) is 18.9 Å². The van der Waals surface area contributed by atoms with Crippen molar-refractivity contribution < 1.29 is 0 Å². The fourth-order valence-electron chi connectivity index (χ4n) is 1.47. The lowest BCUT2D eigenvalue weighted by Crippen LogP contribution is -2.06. The number of fused-ring (bicyclic) bond motifs is 1. The molecular weight excluding hydrogens is 275 g/mol. The van der Waals surface area contributed by atoms with E-state index in [1.807, 2.05) is 6.20 Å². The molecule has 0 bridgehead atoms. The second kappa shape index (κ2) is 5.15.